The highest BCUT2D eigenvalue weighted by molar-refractivity contribution is 5.17. The maximum atomic E-state index is 3.56. The van der Waals surface area contributed by atoms with E-state index in [9.17, 15) is 0 Å². The summed E-state index contributed by atoms with van der Waals surface area (Å²) in [5.74, 6) is 0. The van der Waals surface area contributed by atoms with Crippen molar-refractivity contribution in [1.82, 2.24) is 0 Å². The molecule has 2 aromatic rings. The van der Waals surface area contributed by atoms with Crippen molar-refractivity contribution in [2.75, 3.05) is 0 Å². The van der Waals surface area contributed by atoms with E-state index in [1.54, 1.807) is 12.2 Å². The summed E-state index contributed by atoms with van der Waals surface area (Å²) in [7, 11) is 0. The molecule has 0 aliphatic rings. The third-order valence-corrected chi connectivity index (χ3v) is 2.58. The molecule has 0 nitrogen and oxygen atoms in total. The molecule has 0 heterocycles. The Morgan fingerprint density at radius 3 is 1.11 bits per heavy atom. The van der Waals surface area contributed by atoms with Crippen LogP contribution in [0.1, 0.15) is 66.0 Å². The maximum Gasteiger partial charge on any atom is -0.0398 e. The van der Waals surface area contributed by atoms with Gasteiger partial charge in [0.2, 0.25) is 0 Å². The van der Waals surface area contributed by atoms with Crippen LogP contribution in [-0.2, 0) is 0 Å². The number of hydrogen-bond donors (Lipinski definition) is 0. The van der Waals surface area contributed by atoms with Gasteiger partial charge in [0.15, 0.2) is 0 Å². The van der Waals surface area contributed by atoms with Crippen LogP contribution in [0.5, 0.6) is 0 Å². The van der Waals surface area contributed by atoms with Gasteiger partial charge in [0, 0.05) is 0 Å². The average Bonchev–Trinajstić information content (AvgIpc) is 2.74. The monoisotopic (exact) mass is 382 g/mol. The Morgan fingerprint density at radius 1 is 0.714 bits per heavy atom. The van der Waals surface area contributed by atoms with Gasteiger partial charge in [0.25, 0.3) is 0 Å². The number of allylic oxidation sites excluding steroid dienone is 4. The van der Waals surface area contributed by atoms with Gasteiger partial charge in [0.1, 0.15) is 0 Å². The van der Waals surface area contributed by atoms with Crippen molar-refractivity contribution in [2.24, 2.45) is 0 Å². The van der Waals surface area contributed by atoms with E-state index in [2.05, 4.69) is 65.1 Å². The van der Waals surface area contributed by atoms with Crippen LogP contribution in [0.15, 0.2) is 97.6 Å². The van der Waals surface area contributed by atoms with Crippen LogP contribution in [0.25, 0.3) is 0 Å². The predicted octanol–water partition coefficient (Wildman–Crippen LogP) is 9.76. The molecule has 0 unspecified atom stereocenters. The van der Waals surface area contributed by atoms with E-state index >= 15 is 0 Å². The second kappa shape index (κ2) is 32.3. The third kappa shape index (κ3) is 34.9. The minimum atomic E-state index is 1.15. The van der Waals surface area contributed by atoms with Crippen LogP contribution in [0.3, 0.4) is 0 Å². The Balaban J connectivity index is -0.000000133. The minimum absolute atomic E-state index is 1.15. The minimum Gasteiger partial charge on any atom is -0.0991 e. The number of aryl methyl sites for hydroxylation is 2. The van der Waals surface area contributed by atoms with Crippen molar-refractivity contribution in [1.29, 1.82) is 0 Å². The summed E-state index contributed by atoms with van der Waals surface area (Å²) in [5, 5.41) is 0. The van der Waals surface area contributed by atoms with E-state index in [0.29, 0.717) is 0 Å². The molecule has 0 fully saturated rings. The Morgan fingerprint density at radius 2 is 1.00 bits per heavy atom. The van der Waals surface area contributed by atoms with Crippen molar-refractivity contribution in [3.8, 4) is 0 Å². The van der Waals surface area contributed by atoms with Gasteiger partial charge in [-0.25, -0.2) is 0 Å². The summed E-state index contributed by atoms with van der Waals surface area (Å²) in [6.45, 7) is 25.5. The van der Waals surface area contributed by atoms with E-state index in [0.717, 1.165) is 5.57 Å². The van der Waals surface area contributed by atoms with Crippen molar-refractivity contribution < 1.29 is 0 Å². The van der Waals surface area contributed by atoms with E-state index < -0.39 is 0 Å². The summed E-state index contributed by atoms with van der Waals surface area (Å²) < 4.78 is 0. The molecular formula is C28H46. The zero-order chi connectivity index (χ0) is 22.6. The molecule has 0 radical (unpaired) electrons. The van der Waals surface area contributed by atoms with Crippen LogP contribution >= 0.6 is 0 Å². The lowest BCUT2D eigenvalue weighted by Gasteiger charge is -1.82. The molecule has 2 aromatic carbocycles. The second-order valence-corrected chi connectivity index (χ2v) is 5.37. The topological polar surface area (TPSA) is 0 Å². The van der Waals surface area contributed by atoms with Crippen molar-refractivity contribution in [2.45, 2.75) is 68.7 Å². The van der Waals surface area contributed by atoms with E-state index in [1.807, 2.05) is 77.1 Å². The maximum absolute atomic E-state index is 3.56. The summed E-state index contributed by atoms with van der Waals surface area (Å²) in [6.07, 6.45) is 6.70. The molecule has 0 saturated heterocycles. The molecule has 0 saturated carbocycles. The Kier molecular flexibility index (Phi) is 38.4. The van der Waals surface area contributed by atoms with Gasteiger partial charge in [-0.2, -0.15) is 0 Å². The van der Waals surface area contributed by atoms with Gasteiger partial charge < -0.3 is 0 Å². The lowest BCUT2D eigenvalue weighted by atomic mass is 10.2. The largest absolute Gasteiger partial charge is 0.0991 e. The highest BCUT2D eigenvalue weighted by Gasteiger charge is 1.72. The standard InChI is InChI=1S/2C7H8.C7H10.C3H8.2C2H6/c2*1-7-5-3-2-4-6-7;1-4-6-7(3)5-2;1-3-2;2*1-2/h2*2-6H,1H3;4-6H,1-2H2,3H3;3H2,1-2H3;2*1-2H3/b;;7-6-;;;. The normalized spacial score (nSPS) is 8.11. The third-order valence-electron chi connectivity index (χ3n) is 2.58. The fourth-order valence-corrected chi connectivity index (χ4v) is 1.32. The Labute approximate surface area is 177 Å². The fourth-order valence-electron chi connectivity index (χ4n) is 1.32. The van der Waals surface area contributed by atoms with Gasteiger partial charge in [-0.05, 0) is 20.8 Å². The molecule has 0 atom stereocenters. The number of hydrogen-bond acceptors (Lipinski definition) is 0. The molecule has 2 rings (SSSR count). The van der Waals surface area contributed by atoms with Crippen molar-refractivity contribution in [3.05, 3.63) is 109 Å². The molecule has 0 spiro atoms. The van der Waals surface area contributed by atoms with Crippen LogP contribution in [0.2, 0.25) is 0 Å². The summed E-state index contributed by atoms with van der Waals surface area (Å²) in [5.41, 5.74) is 3.79. The van der Waals surface area contributed by atoms with Crippen molar-refractivity contribution in [3.63, 3.8) is 0 Å². The van der Waals surface area contributed by atoms with Crippen LogP contribution in [0.4, 0.5) is 0 Å². The van der Waals surface area contributed by atoms with Crippen LogP contribution in [-0.4, -0.2) is 0 Å². The number of rotatable bonds is 2. The first-order valence-corrected chi connectivity index (χ1v) is 10.5. The molecular weight excluding hydrogens is 336 g/mol. The van der Waals surface area contributed by atoms with Crippen LogP contribution in [0, 0.1) is 13.8 Å². The Hall–Kier alpha value is -2.34. The highest BCUT2D eigenvalue weighted by atomic mass is 13.8. The lowest BCUT2D eigenvalue weighted by Crippen LogP contribution is -1.62. The first kappa shape index (κ1) is 33.3. The highest BCUT2D eigenvalue weighted by Crippen LogP contribution is 1.93. The molecule has 158 valence electrons. The summed E-state index contributed by atoms with van der Waals surface area (Å²) in [4.78, 5) is 0. The molecule has 0 bridgehead atoms. The SMILES string of the molecule is C=C/C=C(/C)C=C.CC.CC.CCC.Cc1ccccc1.Cc1ccccc1. The summed E-state index contributed by atoms with van der Waals surface area (Å²) in [6, 6.07) is 20.5. The van der Waals surface area contributed by atoms with Gasteiger partial charge in [0.05, 0.1) is 0 Å². The molecule has 0 amide bonds. The first-order chi connectivity index (χ1) is 13.5. The van der Waals surface area contributed by atoms with Crippen LogP contribution < -0.4 is 0 Å². The molecule has 0 aliphatic carbocycles. The van der Waals surface area contributed by atoms with Gasteiger partial charge >= 0.3 is 0 Å². The average molecular weight is 383 g/mol. The molecule has 28 heavy (non-hydrogen) atoms. The Bertz CT molecular complexity index is 495. The molecule has 0 aromatic heterocycles. The van der Waals surface area contributed by atoms with Crippen molar-refractivity contribution >= 4 is 0 Å². The predicted molar refractivity (Wildman–Crippen MR) is 135 cm³/mol. The number of benzene rings is 2. The van der Waals surface area contributed by atoms with E-state index in [-0.39, 0.29) is 0 Å². The van der Waals surface area contributed by atoms with E-state index in [4.69, 9.17) is 0 Å². The van der Waals surface area contributed by atoms with Gasteiger partial charge in [-0.1, -0.05) is 157 Å². The second-order valence-electron chi connectivity index (χ2n) is 5.37. The van der Waals surface area contributed by atoms with Gasteiger partial charge in [-0.3, -0.25) is 0 Å². The smallest absolute Gasteiger partial charge is 0.0398 e. The molecule has 0 aliphatic heterocycles. The molecule has 0 heteroatoms. The fraction of sp³-hybridized carbons (Fsp3) is 0.357. The quantitative estimate of drug-likeness (QED) is 0.453. The summed E-state index contributed by atoms with van der Waals surface area (Å²) >= 11 is 0. The molecule has 0 N–H and O–H groups in total. The van der Waals surface area contributed by atoms with E-state index in [1.165, 1.54) is 17.5 Å². The first-order valence-electron chi connectivity index (χ1n) is 10.5. The lowest BCUT2D eigenvalue weighted by molar-refractivity contribution is 1.09. The zero-order valence-electron chi connectivity index (χ0n) is 20.1. The van der Waals surface area contributed by atoms with Gasteiger partial charge in [-0.15, -0.1) is 0 Å². The zero-order valence-corrected chi connectivity index (χ0v) is 20.1.